The van der Waals surface area contributed by atoms with E-state index in [0.29, 0.717) is 13.0 Å². The van der Waals surface area contributed by atoms with Crippen LogP contribution in [0.25, 0.3) is 0 Å². The van der Waals surface area contributed by atoms with Crippen LogP contribution >= 0.6 is 0 Å². The molecule has 140 valence electrons. The van der Waals surface area contributed by atoms with E-state index in [1.165, 1.54) is 0 Å². The van der Waals surface area contributed by atoms with Crippen LogP contribution in [-0.4, -0.2) is 29.3 Å². The van der Waals surface area contributed by atoms with Crippen molar-refractivity contribution in [1.29, 1.82) is 0 Å². The summed E-state index contributed by atoms with van der Waals surface area (Å²) in [5.74, 6) is -0.119. The molecule has 3 rings (SSSR count). The minimum atomic E-state index is -0.679. The maximum Gasteiger partial charge on any atom is 0.250 e. The molecule has 1 aliphatic heterocycles. The Kier molecular flexibility index (Phi) is 6.07. The van der Waals surface area contributed by atoms with E-state index in [1.807, 2.05) is 78.6 Å². The van der Waals surface area contributed by atoms with Crippen LogP contribution in [0, 0.1) is 0 Å². The average Bonchev–Trinajstić information content (AvgIpc) is 3.21. The van der Waals surface area contributed by atoms with Crippen LogP contribution in [0.15, 0.2) is 73.3 Å². The van der Waals surface area contributed by atoms with Gasteiger partial charge in [-0.1, -0.05) is 61.5 Å². The zero-order chi connectivity index (χ0) is 19.2. The summed E-state index contributed by atoms with van der Waals surface area (Å²) in [6.07, 6.45) is 4.04. The van der Waals surface area contributed by atoms with E-state index < -0.39 is 6.04 Å². The van der Waals surface area contributed by atoms with Crippen molar-refractivity contribution in [2.45, 2.75) is 38.3 Å². The normalized spacial score (nSPS) is 17.4. The highest BCUT2D eigenvalue weighted by atomic mass is 16.2. The first-order valence-electron chi connectivity index (χ1n) is 9.52. The second-order valence-electron chi connectivity index (χ2n) is 6.74. The molecule has 4 nitrogen and oxygen atoms in total. The Morgan fingerprint density at radius 3 is 2.37 bits per heavy atom. The third kappa shape index (κ3) is 3.95. The van der Waals surface area contributed by atoms with Gasteiger partial charge in [-0.2, -0.15) is 0 Å². The van der Waals surface area contributed by atoms with E-state index in [4.69, 9.17) is 0 Å². The number of carbonyl (C=O) groups is 2. The van der Waals surface area contributed by atoms with Gasteiger partial charge in [-0.25, -0.2) is 0 Å². The molecule has 0 saturated carbocycles. The lowest BCUT2D eigenvalue weighted by Gasteiger charge is -2.35. The summed E-state index contributed by atoms with van der Waals surface area (Å²) in [5.41, 5.74) is 1.56. The molecule has 1 heterocycles. The van der Waals surface area contributed by atoms with Crippen LogP contribution in [-0.2, 0) is 9.59 Å². The fourth-order valence-electron chi connectivity index (χ4n) is 3.70. The SMILES string of the molecule is C=CC1CCCN1C(=O)C(c1ccccc1)N(C(=O)CC)c1ccccc1. The van der Waals surface area contributed by atoms with Gasteiger partial charge in [0.05, 0.1) is 0 Å². The number of anilines is 1. The van der Waals surface area contributed by atoms with Gasteiger partial charge in [0.25, 0.3) is 5.91 Å². The van der Waals surface area contributed by atoms with Crippen molar-refractivity contribution < 1.29 is 9.59 Å². The summed E-state index contributed by atoms with van der Waals surface area (Å²) in [4.78, 5) is 30.1. The van der Waals surface area contributed by atoms with E-state index in [0.717, 1.165) is 24.1 Å². The molecule has 1 fully saturated rings. The number of para-hydroxylation sites is 1. The molecule has 4 heteroatoms. The van der Waals surface area contributed by atoms with Gasteiger partial charge in [0.15, 0.2) is 0 Å². The van der Waals surface area contributed by atoms with Crippen LogP contribution in [0.2, 0.25) is 0 Å². The minimum absolute atomic E-state index is 0.0260. The predicted molar refractivity (Wildman–Crippen MR) is 108 cm³/mol. The molecule has 2 amide bonds. The van der Waals surface area contributed by atoms with E-state index in [-0.39, 0.29) is 17.9 Å². The van der Waals surface area contributed by atoms with Gasteiger partial charge in [0.1, 0.15) is 6.04 Å². The highest BCUT2D eigenvalue weighted by Crippen LogP contribution is 2.32. The van der Waals surface area contributed by atoms with Gasteiger partial charge in [0.2, 0.25) is 5.91 Å². The molecule has 0 bridgehead atoms. The number of likely N-dealkylation sites (tertiary alicyclic amines) is 1. The summed E-state index contributed by atoms with van der Waals surface area (Å²) in [7, 11) is 0. The van der Waals surface area contributed by atoms with Gasteiger partial charge in [-0.15, -0.1) is 6.58 Å². The molecule has 27 heavy (non-hydrogen) atoms. The minimum Gasteiger partial charge on any atom is -0.334 e. The van der Waals surface area contributed by atoms with E-state index >= 15 is 0 Å². The summed E-state index contributed by atoms with van der Waals surface area (Å²) in [5, 5.41) is 0. The molecule has 2 atom stereocenters. The van der Waals surface area contributed by atoms with Crippen molar-refractivity contribution in [3.05, 3.63) is 78.9 Å². The Morgan fingerprint density at radius 1 is 1.15 bits per heavy atom. The van der Waals surface area contributed by atoms with Gasteiger partial charge in [-0.3, -0.25) is 14.5 Å². The molecule has 0 radical (unpaired) electrons. The maximum absolute atomic E-state index is 13.6. The van der Waals surface area contributed by atoms with Gasteiger partial charge in [-0.05, 0) is 30.5 Å². The Balaban J connectivity index is 2.09. The van der Waals surface area contributed by atoms with Crippen molar-refractivity contribution in [1.82, 2.24) is 4.90 Å². The first kappa shape index (κ1) is 18.9. The van der Waals surface area contributed by atoms with Crippen LogP contribution < -0.4 is 4.90 Å². The summed E-state index contributed by atoms with van der Waals surface area (Å²) in [6.45, 7) is 6.41. The molecule has 0 spiro atoms. The third-order valence-electron chi connectivity index (χ3n) is 5.07. The van der Waals surface area contributed by atoms with Crippen LogP contribution in [0.4, 0.5) is 5.69 Å². The number of amides is 2. The predicted octanol–water partition coefficient (Wildman–Crippen LogP) is 4.35. The fraction of sp³-hybridized carbons (Fsp3) is 0.304. The van der Waals surface area contributed by atoms with Crippen molar-refractivity contribution in [2.75, 3.05) is 11.4 Å². The quantitative estimate of drug-likeness (QED) is 0.717. The number of benzene rings is 2. The lowest BCUT2D eigenvalue weighted by atomic mass is 10.0. The molecular weight excluding hydrogens is 336 g/mol. The summed E-state index contributed by atoms with van der Waals surface area (Å²) < 4.78 is 0. The summed E-state index contributed by atoms with van der Waals surface area (Å²) in [6, 6.07) is 18.4. The topological polar surface area (TPSA) is 40.6 Å². The van der Waals surface area contributed by atoms with Crippen molar-refractivity contribution in [2.24, 2.45) is 0 Å². The van der Waals surface area contributed by atoms with E-state index in [9.17, 15) is 9.59 Å². The first-order chi connectivity index (χ1) is 13.2. The number of nitrogens with zero attached hydrogens (tertiary/aromatic N) is 2. The van der Waals surface area contributed by atoms with E-state index in [1.54, 1.807) is 4.90 Å². The molecule has 2 unspecified atom stereocenters. The van der Waals surface area contributed by atoms with Crippen LogP contribution in [0.1, 0.15) is 37.8 Å². The van der Waals surface area contributed by atoms with Crippen LogP contribution in [0.5, 0.6) is 0 Å². The molecular formula is C23H26N2O2. The number of carbonyl (C=O) groups excluding carboxylic acids is 2. The molecule has 1 saturated heterocycles. The molecule has 1 aliphatic rings. The lowest BCUT2D eigenvalue weighted by Crippen LogP contribution is -2.46. The highest BCUT2D eigenvalue weighted by molar-refractivity contribution is 6.01. The molecule has 2 aromatic carbocycles. The number of hydrogen-bond acceptors (Lipinski definition) is 2. The standard InChI is InChI=1S/C23H26N2O2/c1-3-19-16-11-17-24(19)23(27)22(18-12-7-5-8-13-18)25(21(26)4-2)20-14-9-6-10-15-20/h3,5-10,12-15,19,22H,1,4,11,16-17H2,2H3. The molecule has 2 aromatic rings. The molecule has 0 N–H and O–H groups in total. The zero-order valence-electron chi connectivity index (χ0n) is 15.8. The van der Waals surface area contributed by atoms with Crippen molar-refractivity contribution in [3.63, 3.8) is 0 Å². The lowest BCUT2D eigenvalue weighted by molar-refractivity contribution is -0.134. The molecule has 0 aromatic heterocycles. The van der Waals surface area contributed by atoms with Crippen molar-refractivity contribution >= 4 is 17.5 Å². The summed E-state index contributed by atoms with van der Waals surface area (Å²) >= 11 is 0. The van der Waals surface area contributed by atoms with Gasteiger partial charge >= 0.3 is 0 Å². The zero-order valence-corrected chi connectivity index (χ0v) is 15.8. The maximum atomic E-state index is 13.6. The first-order valence-corrected chi connectivity index (χ1v) is 9.52. The third-order valence-corrected chi connectivity index (χ3v) is 5.07. The van der Waals surface area contributed by atoms with Crippen molar-refractivity contribution in [3.8, 4) is 0 Å². The van der Waals surface area contributed by atoms with Gasteiger partial charge in [0, 0.05) is 24.7 Å². The second-order valence-corrected chi connectivity index (χ2v) is 6.74. The Bertz CT molecular complexity index is 789. The second kappa shape index (κ2) is 8.67. The number of rotatable bonds is 6. The molecule has 0 aliphatic carbocycles. The highest BCUT2D eigenvalue weighted by Gasteiger charge is 2.38. The van der Waals surface area contributed by atoms with Gasteiger partial charge < -0.3 is 4.90 Å². The largest absolute Gasteiger partial charge is 0.334 e. The Hall–Kier alpha value is -2.88. The smallest absolute Gasteiger partial charge is 0.250 e. The number of hydrogen-bond donors (Lipinski definition) is 0. The monoisotopic (exact) mass is 362 g/mol. The van der Waals surface area contributed by atoms with E-state index in [2.05, 4.69) is 6.58 Å². The van der Waals surface area contributed by atoms with Crippen LogP contribution in [0.3, 0.4) is 0 Å². The Labute approximate surface area is 161 Å². The Morgan fingerprint density at radius 2 is 1.78 bits per heavy atom. The average molecular weight is 362 g/mol. The fourth-order valence-corrected chi connectivity index (χ4v) is 3.70.